The van der Waals surface area contributed by atoms with Crippen LogP contribution in [0, 0.1) is 0 Å². The molecule has 0 unspecified atom stereocenters. The van der Waals surface area contributed by atoms with E-state index in [2.05, 4.69) is 27.5 Å². The van der Waals surface area contributed by atoms with Crippen LogP contribution in [0.15, 0.2) is 16.7 Å². The molecule has 1 aromatic rings. The van der Waals surface area contributed by atoms with Crippen molar-refractivity contribution >= 4 is 33.6 Å². The van der Waals surface area contributed by atoms with Crippen LogP contribution in [0.4, 0.5) is 0 Å². The fraction of sp³-hybridized carbons (Fsp3) is 0.583. The van der Waals surface area contributed by atoms with E-state index in [1.807, 2.05) is 35.5 Å². The van der Waals surface area contributed by atoms with Gasteiger partial charge >= 0.3 is 0 Å². The average molecular weight is 317 g/mol. The molecule has 0 bridgehead atoms. The highest BCUT2D eigenvalue weighted by molar-refractivity contribution is 9.10. The van der Waals surface area contributed by atoms with Gasteiger partial charge in [-0.05, 0) is 48.0 Å². The molecule has 1 aliphatic carbocycles. The Bertz CT molecular complexity index is 426. The quantitative estimate of drug-likeness (QED) is 0.906. The zero-order chi connectivity index (χ0) is 12.5. The Labute approximate surface area is 114 Å². The summed E-state index contributed by atoms with van der Waals surface area (Å²) in [4.78, 5) is 12.1. The van der Waals surface area contributed by atoms with Crippen LogP contribution in [0.1, 0.15) is 30.3 Å². The molecule has 1 heterocycles. The second-order valence-corrected chi connectivity index (χ2v) is 6.59. The number of carbonyl (C=O) groups is 1. The molecular formula is C12H17BrN2OS. The number of carbonyl (C=O) groups excluding carboxylic acids is 1. The predicted molar refractivity (Wildman–Crippen MR) is 75.6 cm³/mol. The summed E-state index contributed by atoms with van der Waals surface area (Å²) in [5.74, 6) is 0.0258. The lowest BCUT2D eigenvalue weighted by atomic mass is 10.3. The molecule has 1 fully saturated rings. The van der Waals surface area contributed by atoms with Gasteiger partial charge < -0.3 is 9.88 Å². The van der Waals surface area contributed by atoms with Gasteiger partial charge in [-0.25, -0.2) is 0 Å². The van der Waals surface area contributed by atoms with Crippen LogP contribution in [-0.2, 0) is 6.54 Å². The fourth-order valence-corrected chi connectivity index (χ4v) is 3.04. The molecule has 0 spiro atoms. The molecule has 0 radical (unpaired) electrons. The number of nitrogens with zero attached hydrogens (tertiary/aromatic N) is 1. The Kier molecular flexibility index (Phi) is 3.88. The zero-order valence-corrected chi connectivity index (χ0v) is 12.5. The lowest BCUT2D eigenvalue weighted by Gasteiger charge is -2.13. The van der Waals surface area contributed by atoms with Crippen LogP contribution in [-0.4, -0.2) is 28.0 Å². The first kappa shape index (κ1) is 13.0. The minimum atomic E-state index is 0.0258. The molecule has 1 saturated carbocycles. The van der Waals surface area contributed by atoms with Crippen molar-refractivity contribution in [2.75, 3.05) is 12.8 Å². The fourth-order valence-electron chi connectivity index (χ4n) is 1.85. The van der Waals surface area contributed by atoms with E-state index in [0.29, 0.717) is 4.75 Å². The van der Waals surface area contributed by atoms with Gasteiger partial charge in [0.25, 0.3) is 5.91 Å². The van der Waals surface area contributed by atoms with Gasteiger partial charge in [0.15, 0.2) is 0 Å². The highest BCUT2D eigenvalue weighted by atomic mass is 79.9. The maximum atomic E-state index is 12.1. The first-order valence-electron chi connectivity index (χ1n) is 5.79. The number of thioether (sulfide) groups is 1. The summed E-state index contributed by atoms with van der Waals surface area (Å²) in [6, 6.07) is 1.87. The summed E-state index contributed by atoms with van der Waals surface area (Å²) in [5, 5.41) is 3.04. The summed E-state index contributed by atoms with van der Waals surface area (Å²) in [6.45, 7) is 3.62. The monoisotopic (exact) mass is 316 g/mol. The Balaban J connectivity index is 1.99. The number of nitrogens with one attached hydrogen (secondary N) is 1. The van der Waals surface area contributed by atoms with Crippen LogP contribution < -0.4 is 5.32 Å². The Morgan fingerprint density at radius 1 is 1.65 bits per heavy atom. The van der Waals surface area contributed by atoms with Crippen molar-refractivity contribution in [2.45, 2.75) is 31.1 Å². The zero-order valence-electron chi connectivity index (χ0n) is 10.1. The van der Waals surface area contributed by atoms with Crippen molar-refractivity contribution in [3.05, 3.63) is 22.4 Å². The number of aromatic nitrogens is 1. The third kappa shape index (κ3) is 2.88. The Hall–Kier alpha value is -0.420. The summed E-state index contributed by atoms with van der Waals surface area (Å²) in [5.41, 5.74) is 0.733. The molecule has 1 N–H and O–H groups in total. The Morgan fingerprint density at radius 3 is 2.88 bits per heavy atom. The maximum Gasteiger partial charge on any atom is 0.267 e. The number of halogens is 1. The van der Waals surface area contributed by atoms with Crippen LogP contribution in [0.3, 0.4) is 0 Å². The highest BCUT2D eigenvalue weighted by Gasteiger charge is 2.42. The molecular weight excluding hydrogens is 300 g/mol. The molecule has 3 nitrogen and oxygen atoms in total. The lowest BCUT2D eigenvalue weighted by molar-refractivity contribution is 0.0944. The largest absolute Gasteiger partial charge is 0.349 e. The molecule has 5 heteroatoms. The van der Waals surface area contributed by atoms with Crippen molar-refractivity contribution in [1.82, 2.24) is 9.88 Å². The molecule has 0 aromatic carbocycles. The standard InChI is InChI=1S/C12H17BrN2OS/c1-3-15-7-9(13)6-10(15)11(16)14-8-12(17-2)4-5-12/h6-7H,3-5,8H2,1-2H3,(H,14,16). The smallest absolute Gasteiger partial charge is 0.267 e. The van der Waals surface area contributed by atoms with Crippen LogP contribution in [0.2, 0.25) is 0 Å². The molecule has 1 aliphatic rings. The minimum absolute atomic E-state index is 0.0258. The van der Waals surface area contributed by atoms with Crippen LogP contribution >= 0.6 is 27.7 Å². The van der Waals surface area contributed by atoms with Crippen LogP contribution in [0.5, 0.6) is 0 Å². The van der Waals surface area contributed by atoms with Gasteiger partial charge in [-0.2, -0.15) is 11.8 Å². The van der Waals surface area contributed by atoms with Gasteiger partial charge in [0.1, 0.15) is 5.69 Å². The third-order valence-corrected chi connectivity index (χ3v) is 5.10. The molecule has 1 amide bonds. The third-order valence-electron chi connectivity index (χ3n) is 3.25. The van der Waals surface area contributed by atoms with Crippen molar-refractivity contribution in [3.8, 4) is 0 Å². The molecule has 94 valence electrons. The molecule has 0 aliphatic heterocycles. The minimum Gasteiger partial charge on any atom is -0.349 e. The maximum absolute atomic E-state index is 12.1. The molecule has 1 aromatic heterocycles. The number of hydrogen-bond acceptors (Lipinski definition) is 2. The van der Waals surface area contributed by atoms with Gasteiger partial charge in [-0.3, -0.25) is 4.79 Å². The number of amides is 1. The van der Waals surface area contributed by atoms with Crippen molar-refractivity contribution < 1.29 is 4.79 Å². The van der Waals surface area contributed by atoms with E-state index in [1.165, 1.54) is 12.8 Å². The van der Waals surface area contributed by atoms with Gasteiger partial charge in [-0.15, -0.1) is 0 Å². The van der Waals surface area contributed by atoms with Crippen molar-refractivity contribution in [2.24, 2.45) is 0 Å². The Morgan fingerprint density at radius 2 is 2.35 bits per heavy atom. The first-order chi connectivity index (χ1) is 8.10. The normalized spacial score (nSPS) is 16.9. The number of aryl methyl sites for hydroxylation is 1. The topological polar surface area (TPSA) is 34.0 Å². The van der Waals surface area contributed by atoms with E-state index in [9.17, 15) is 4.79 Å². The summed E-state index contributed by atoms with van der Waals surface area (Å²) < 4.78 is 3.23. The van der Waals surface area contributed by atoms with Crippen LogP contribution in [0.25, 0.3) is 0 Å². The average Bonchev–Trinajstić information content (AvgIpc) is 3.02. The second-order valence-electron chi connectivity index (χ2n) is 4.40. The molecule has 2 rings (SSSR count). The predicted octanol–water partition coefficient (Wildman–Crippen LogP) is 2.90. The van der Waals surface area contributed by atoms with E-state index >= 15 is 0 Å². The van der Waals surface area contributed by atoms with E-state index in [0.717, 1.165) is 23.3 Å². The van der Waals surface area contributed by atoms with Crippen molar-refractivity contribution in [3.63, 3.8) is 0 Å². The summed E-state index contributed by atoms with van der Waals surface area (Å²) >= 11 is 5.26. The SMILES string of the molecule is CCn1cc(Br)cc1C(=O)NCC1(SC)CC1. The van der Waals surface area contributed by atoms with E-state index in [-0.39, 0.29) is 5.91 Å². The van der Waals surface area contributed by atoms with E-state index < -0.39 is 0 Å². The molecule has 17 heavy (non-hydrogen) atoms. The molecule has 0 saturated heterocycles. The lowest BCUT2D eigenvalue weighted by Crippen LogP contribution is -2.32. The summed E-state index contributed by atoms with van der Waals surface area (Å²) in [7, 11) is 0. The second kappa shape index (κ2) is 5.06. The number of rotatable bonds is 5. The van der Waals surface area contributed by atoms with E-state index in [4.69, 9.17) is 0 Å². The highest BCUT2D eigenvalue weighted by Crippen LogP contribution is 2.46. The first-order valence-corrected chi connectivity index (χ1v) is 7.81. The van der Waals surface area contributed by atoms with Gasteiger partial charge in [0, 0.05) is 28.5 Å². The summed E-state index contributed by atoms with van der Waals surface area (Å²) in [6.07, 6.45) is 6.49. The van der Waals surface area contributed by atoms with Gasteiger partial charge in [-0.1, -0.05) is 0 Å². The molecule has 0 atom stereocenters. The van der Waals surface area contributed by atoms with E-state index in [1.54, 1.807) is 0 Å². The van der Waals surface area contributed by atoms with Crippen molar-refractivity contribution in [1.29, 1.82) is 0 Å². The number of hydrogen-bond donors (Lipinski definition) is 1. The van der Waals surface area contributed by atoms with Gasteiger partial charge in [0.2, 0.25) is 0 Å². The van der Waals surface area contributed by atoms with Gasteiger partial charge in [0.05, 0.1) is 0 Å².